The third-order valence-electron chi connectivity index (χ3n) is 2.41. The van der Waals surface area contributed by atoms with Crippen LogP contribution >= 0.6 is 15.9 Å². The average Bonchev–Trinajstić information content (AvgIpc) is 2.43. The fourth-order valence-corrected chi connectivity index (χ4v) is 2.19. The number of ether oxygens (including phenoxy) is 3. The summed E-state index contributed by atoms with van der Waals surface area (Å²) in [5.74, 6) is 0.809. The zero-order chi connectivity index (χ0) is 14.4. The van der Waals surface area contributed by atoms with Gasteiger partial charge in [-0.05, 0) is 22.0 Å². The molecule has 0 saturated heterocycles. The minimum absolute atomic E-state index is 0.131. The lowest BCUT2D eigenvalue weighted by Gasteiger charge is -2.16. The summed E-state index contributed by atoms with van der Waals surface area (Å²) >= 11 is 3.31. The van der Waals surface area contributed by atoms with Crippen molar-refractivity contribution in [2.45, 2.75) is 0 Å². The minimum atomic E-state index is -0.347. The summed E-state index contributed by atoms with van der Waals surface area (Å²) in [7, 11) is 4.43. The topological polar surface area (TPSA) is 77.0 Å². The molecule has 1 rings (SSSR count). The molecule has 0 spiro atoms. The van der Waals surface area contributed by atoms with Crippen LogP contribution in [0.15, 0.2) is 10.5 Å². The SMILES string of the molecule is COc1cc(C(=O)NCCO)c(Br)c(OC)c1OC. The van der Waals surface area contributed by atoms with Crippen molar-refractivity contribution in [2.24, 2.45) is 0 Å². The molecule has 0 aliphatic carbocycles. The number of rotatable bonds is 6. The Hall–Kier alpha value is -1.47. The van der Waals surface area contributed by atoms with Gasteiger partial charge in [0.05, 0.1) is 38.0 Å². The number of methoxy groups -OCH3 is 3. The van der Waals surface area contributed by atoms with Gasteiger partial charge in [0.25, 0.3) is 5.91 Å². The van der Waals surface area contributed by atoms with E-state index in [2.05, 4.69) is 21.2 Å². The van der Waals surface area contributed by atoms with Crippen LogP contribution in [0.5, 0.6) is 17.2 Å². The highest BCUT2D eigenvalue weighted by Crippen LogP contribution is 2.44. The first kappa shape index (κ1) is 15.6. The molecule has 0 aliphatic heterocycles. The van der Waals surface area contributed by atoms with E-state index in [0.29, 0.717) is 27.3 Å². The molecule has 0 radical (unpaired) electrons. The summed E-state index contributed by atoms with van der Waals surface area (Å²) in [6.45, 7) is 0.0374. The van der Waals surface area contributed by atoms with Gasteiger partial charge in [-0.2, -0.15) is 0 Å². The van der Waals surface area contributed by atoms with Crippen molar-refractivity contribution in [2.75, 3.05) is 34.5 Å². The largest absolute Gasteiger partial charge is 0.493 e. The second kappa shape index (κ2) is 7.20. The number of aliphatic hydroxyl groups excluding tert-OH is 1. The van der Waals surface area contributed by atoms with Gasteiger partial charge in [0, 0.05) is 6.54 Å². The molecule has 1 amide bonds. The maximum Gasteiger partial charge on any atom is 0.252 e. The second-order valence-electron chi connectivity index (χ2n) is 3.49. The van der Waals surface area contributed by atoms with Crippen molar-refractivity contribution in [3.05, 3.63) is 16.1 Å². The van der Waals surface area contributed by atoms with Crippen molar-refractivity contribution >= 4 is 21.8 Å². The number of aliphatic hydroxyl groups is 1. The molecule has 0 saturated carbocycles. The number of hydrogen-bond donors (Lipinski definition) is 2. The smallest absolute Gasteiger partial charge is 0.252 e. The van der Waals surface area contributed by atoms with Gasteiger partial charge in [-0.15, -0.1) is 0 Å². The summed E-state index contributed by atoms with van der Waals surface area (Å²) in [5.41, 5.74) is 0.336. The molecule has 0 aliphatic rings. The molecule has 7 heteroatoms. The molecule has 19 heavy (non-hydrogen) atoms. The molecule has 0 unspecified atom stereocenters. The van der Waals surface area contributed by atoms with E-state index in [1.54, 1.807) is 0 Å². The van der Waals surface area contributed by atoms with Crippen LogP contribution in [-0.2, 0) is 0 Å². The number of hydrogen-bond acceptors (Lipinski definition) is 5. The van der Waals surface area contributed by atoms with Crippen LogP contribution < -0.4 is 19.5 Å². The second-order valence-corrected chi connectivity index (χ2v) is 4.28. The van der Waals surface area contributed by atoms with E-state index in [0.717, 1.165) is 0 Å². The summed E-state index contributed by atoms with van der Waals surface area (Å²) in [4.78, 5) is 12.0. The van der Waals surface area contributed by atoms with Crippen LogP contribution in [0.25, 0.3) is 0 Å². The Kier molecular flexibility index (Phi) is 5.91. The van der Waals surface area contributed by atoms with Crippen LogP contribution in [0.3, 0.4) is 0 Å². The quantitative estimate of drug-likeness (QED) is 0.817. The van der Waals surface area contributed by atoms with Crippen LogP contribution in [-0.4, -0.2) is 45.5 Å². The standard InChI is InChI=1S/C12H16BrNO5/c1-17-8-6-7(12(16)14-4-5-15)9(13)11(19-3)10(8)18-2/h6,15H,4-5H2,1-3H3,(H,14,16). The molecule has 106 valence electrons. The van der Waals surface area contributed by atoms with Gasteiger partial charge < -0.3 is 24.6 Å². The number of nitrogens with one attached hydrogen (secondary N) is 1. The van der Waals surface area contributed by atoms with Gasteiger partial charge in [0.2, 0.25) is 5.75 Å². The van der Waals surface area contributed by atoms with Crippen LogP contribution in [0.4, 0.5) is 0 Å². The lowest BCUT2D eigenvalue weighted by molar-refractivity contribution is 0.0943. The Morgan fingerprint density at radius 3 is 2.37 bits per heavy atom. The molecule has 0 fully saturated rings. The van der Waals surface area contributed by atoms with Crippen molar-refractivity contribution in [3.8, 4) is 17.2 Å². The number of carbonyl (C=O) groups excluding carboxylic acids is 1. The van der Waals surface area contributed by atoms with E-state index < -0.39 is 0 Å². The molecular weight excluding hydrogens is 318 g/mol. The summed E-state index contributed by atoms with van der Waals surface area (Å²) < 4.78 is 16.1. The predicted molar refractivity (Wildman–Crippen MR) is 73.2 cm³/mol. The van der Waals surface area contributed by atoms with E-state index >= 15 is 0 Å². The zero-order valence-electron chi connectivity index (χ0n) is 10.9. The number of halogens is 1. The van der Waals surface area contributed by atoms with Gasteiger partial charge in [-0.25, -0.2) is 0 Å². The van der Waals surface area contributed by atoms with Gasteiger partial charge in [0.15, 0.2) is 11.5 Å². The number of amides is 1. The number of carbonyl (C=O) groups is 1. The van der Waals surface area contributed by atoms with Crippen molar-refractivity contribution in [1.29, 1.82) is 0 Å². The molecule has 0 atom stereocenters. The predicted octanol–water partition coefficient (Wildman–Crippen LogP) is 1.20. The van der Waals surface area contributed by atoms with Crippen molar-refractivity contribution in [3.63, 3.8) is 0 Å². The van der Waals surface area contributed by atoms with Crippen LogP contribution in [0, 0.1) is 0 Å². The first-order valence-corrected chi connectivity index (χ1v) is 6.27. The van der Waals surface area contributed by atoms with Crippen LogP contribution in [0.1, 0.15) is 10.4 Å². The summed E-state index contributed by atoms with van der Waals surface area (Å²) in [5, 5.41) is 11.3. The first-order chi connectivity index (χ1) is 9.10. The van der Waals surface area contributed by atoms with E-state index in [1.807, 2.05) is 0 Å². The first-order valence-electron chi connectivity index (χ1n) is 5.48. The zero-order valence-corrected chi connectivity index (χ0v) is 12.5. The maximum atomic E-state index is 12.0. The van der Waals surface area contributed by atoms with E-state index in [-0.39, 0.29) is 19.1 Å². The highest BCUT2D eigenvalue weighted by atomic mass is 79.9. The van der Waals surface area contributed by atoms with Gasteiger partial charge in [0.1, 0.15) is 0 Å². The summed E-state index contributed by atoms with van der Waals surface area (Å²) in [6, 6.07) is 1.54. The van der Waals surface area contributed by atoms with E-state index in [9.17, 15) is 4.79 Å². The molecular formula is C12H16BrNO5. The highest BCUT2D eigenvalue weighted by molar-refractivity contribution is 9.10. The molecule has 0 aromatic heterocycles. The van der Waals surface area contributed by atoms with Gasteiger partial charge in [-0.1, -0.05) is 0 Å². The Labute approximate surface area is 119 Å². The average molecular weight is 334 g/mol. The molecule has 2 N–H and O–H groups in total. The third kappa shape index (κ3) is 3.30. The third-order valence-corrected chi connectivity index (χ3v) is 3.20. The van der Waals surface area contributed by atoms with Crippen molar-refractivity contribution in [1.82, 2.24) is 5.32 Å². The van der Waals surface area contributed by atoms with E-state index in [4.69, 9.17) is 19.3 Å². The molecule has 0 heterocycles. The molecule has 1 aromatic carbocycles. The maximum absolute atomic E-state index is 12.0. The fraction of sp³-hybridized carbons (Fsp3) is 0.417. The Bertz CT molecular complexity index is 464. The van der Waals surface area contributed by atoms with Crippen molar-refractivity contribution < 1.29 is 24.1 Å². The molecule has 6 nitrogen and oxygen atoms in total. The monoisotopic (exact) mass is 333 g/mol. The Balaban J connectivity index is 3.29. The molecule has 0 bridgehead atoms. The van der Waals surface area contributed by atoms with Gasteiger partial charge in [-0.3, -0.25) is 4.79 Å². The minimum Gasteiger partial charge on any atom is -0.493 e. The Morgan fingerprint density at radius 2 is 1.89 bits per heavy atom. The fourth-order valence-electron chi connectivity index (χ4n) is 1.55. The van der Waals surface area contributed by atoms with Gasteiger partial charge >= 0.3 is 0 Å². The highest BCUT2D eigenvalue weighted by Gasteiger charge is 2.22. The van der Waals surface area contributed by atoms with E-state index in [1.165, 1.54) is 27.4 Å². The van der Waals surface area contributed by atoms with Crippen LogP contribution in [0.2, 0.25) is 0 Å². The number of benzene rings is 1. The lowest BCUT2D eigenvalue weighted by atomic mass is 10.1. The molecule has 1 aromatic rings. The summed E-state index contributed by atoms with van der Waals surface area (Å²) in [6.07, 6.45) is 0. The lowest BCUT2D eigenvalue weighted by Crippen LogP contribution is -2.26. The Morgan fingerprint density at radius 1 is 1.26 bits per heavy atom. The normalized spacial score (nSPS) is 9.95.